The molecule has 0 unspecified atom stereocenters. The van der Waals surface area contributed by atoms with Crippen LogP contribution in [0, 0.1) is 25.2 Å². The molecule has 0 saturated heterocycles. The van der Waals surface area contributed by atoms with Crippen molar-refractivity contribution in [3.63, 3.8) is 0 Å². The summed E-state index contributed by atoms with van der Waals surface area (Å²) in [7, 11) is 0. The quantitative estimate of drug-likeness (QED) is 0.589. The number of amides is 1. The van der Waals surface area contributed by atoms with Gasteiger partial charge in [-0.25, -0.2) is 5.43 Å². The molecule has 3 aromatic rings. The Kier molecular flexibility index (Phi) is 4.57. The predicted molar refractivity (Wildman–Crippen MR) is 96.5 cm³/mol. The highest BCUT2D eigenvalue weighted by molar-refractivity contribution is 5.85. The number of hydrogen-bond acceptors (Lipinski definition) is 4. The summed E-state index contributed by atoms with van der Waals surface area (Å²) < 4.78 is 2.13. The van der Waals surface area contributed by atoms with E-state index in [-0.39, 0.29) is 6.42 Å². The van der Waals surface area contributed by atoms with Crippen molar-refractivity contribution in [1.29, 1.82) is 5.26 Å². The van der Waals surface area contributed by atoms with Crippen LogP contribution in [0.15, 0.2) is 47.7 Å². The molecule has 0 radical (unpaired) electrons. The van der Waals surface area contributed by atoms with Gasteiger partial charge in [-0.2, -0.15) is 10.4 Å². The molecule has 1 aromatic carbocycles. The molecule has 3 rings (SSSR count). The molecule has 0 aliphatic heterocycles. The Morgan fingerprint density at radius 2 is 2.20 bits per heavy atom. The van der Waals surface area contributed by atoms with Crippen LogP contribution >= 0.6 is 0 Å². The third kappa shape index (κ3) is 3.40. The largest absolute Gasteiger partial charge is 0.318 e. The number of nitriles is 1. The van der Waals surface area contributed by atoms with Gasteiger partial charge in [0.25, 0.3) is 5.91 Å². The van der Waals surface area contributed by atoms with E-state index in [0.717, 1.165) is 33.5 Å². The smallest absolute Gasteiger partial charge is 0.254 e. The first-order valence-electron chi connectivity index (χ1n) is 7.83. The third-order valence-corrected chi connectivity index (χ3v) is 3.95. The number of fused-ring (bicyclic) bond motifs is 1. The second kappa shape index (κ2) is 6.97. The fourth-order valence-electron chi connectivity index (χ4n) is 2.80. The van der Waals surface area contributed by atoms with E-state index in [1.165, 1.54) is 0 Å². The van der Waals surface area contributed by atoms with Crippen molar-refractivity contribution in [2.75, 3.05) is 0 Å². The number of nitrogens with zero attached hydrogens (tertiary/aromatic N) is 4. The summed E-state index contributed by atoms with van der Waals surface area (Å²) in [6, 6.07) is 13.9. The average Bonchev–Trinajstić information content (AvgIpc) is 2.88. The SMILES string of the molecule is Cc1cc(/C=N\NC(=O)CC#N)c(C)n1-c1ccc2ncccc2c1. The molecule has 1 amide bonds. The Bertz CT molecular complexity index is 1010. The lowest BCUT2D eigenvalue weighted by molar-refractivity contribution is -0.120. The summed E-state index contributed by atoms with van der Waals surface area (Å²) in [5.74, 6) is -0.422. The maximum Gasteiger partial charge on any atom is 0.254 e. The summed E-state index contributed by atoms with van der Waals surface area (Å²) in [5.41, 5.74) is 7.32. The van der Waals surface area contributed by atoms with Gasteiger partial charge in [0.05, 0.1) is 17.8 Å². The van der Waals surface area contributed by atoms with E-state index in [0.29, 0.717) is 0 Å². The van der Waals surface area contributed by atoms with Crippen LogP contribution in [0.3, 0.4) is 0 Å². The second-order valence-electron chi connectivity index (χ2n) is 5.67. The van der Waals surface area contributed by atoms with Gasteiger partial charge in [-0.05, 0) is 44.2 Å². The number of pyridine rings is 1. The molecular weight excluding hydrogens is 314 g/mol. The van der Waals surface area contributed by atoms with Gasteiger partial charge in [-0.15, -0.1) is 0 Å². The number of hydrazone groups is 1. The Morgan fingerprint density at radius 3 is 3.00 bits per heavy atom. The van der Waals surface area contributed by atoms with Crippen molar-refractivity contribution >= 4 is 23.0 Å². The van der Waals surface area contributed by atoms with Crippen molar-refractivity contribution in [2.24, 2.45) is 5.10 Å². The molecule has 6 heteroatoms. The van der Waals surface area contributed by atoms with Gasteiger partial charge < -0.3 is 4.57 Å². The minimum absolute atomic E-state index is 0.207. The molecule has 0 aliphatic rings. The van der Waals surface area contributed by atoms with Crippen LogP contribution in [0.1, 0.15) is 23.4 Å². The molecule has 0 spiro atoms. The van der Waals surface area contributed by atoms with Gasteiger partial charge in [0, 0.05) is 34.2 Å². The lowest BCUT2D eigenvalue weighted by Gasteiger charge is -2.10. The highest BCUT2D eigenvalue weighted by Gasteiger charge is 2.10. The molecule has 6 nitrogen and oxygen atoms in total. The molecular formula is C19H17N5O. The molecule has 2 aromatic heterocycles. The van der Waals surface area contributed by atoms with Crippen LogP contribution in [-0.2, 0) is 4.79 Å². The normalized spacial score (nSPS) is 10.9. The van der Waals surface area contributed by atoms with Gasteiger partial charge in [0.1, 0.15) is 6.42 Å². The number of benzene rings is 1. The maximum absolute atomic E-state index is 11.3. The molecule has 0 atom stereocenters. The highest BCUT2D eigenvalue weighted by Crippen LogP contribution is 2.22. The lowest BCUT2D eigenvalue weighted by Crippen LogP contribution is -2.16. The van der Waals surface area contributed by atoms with Crippen molar-refractivity contribution in [2.45, 2.75) is 20.3 Å². The Hall–Kier alpha value is -3.46. The highest BCUT2D eigenvalue weighted by atomic mass is 16.2. The van der Waals surface area contributed by atoms with Crippen molar-refractivity contribution in [3.8, 4) is 11.8 Å². The number of aryl methyl sites for hydroxylation is 1. The van der Waals surface area contributed by atoms with Crippen LogP contribution in [0.25, 0.3) is 16.6 Å². The van der Waals surface area contributed by atoms with Gasteiger partial charge in [-0.1, -0.05) is 6.07 Å². The minimum Gasteiger partial charge on any atom is -0.318 e. The molecule has 0 saturated carbocycles. The Labute approximate surface area is 145 Å². The van der Waals surface area contributed by atoms with Crippen LogP contribution in [0.2, 0.25) is 0 Å². The van der Waals surface area contributed by atoms with Crippen LogP contribution in [0.4, 0.5) is 0 Å². The number of hydrogen-bond donors (Lipinski definition) is 1. The van der Waals surface area contributed by atoms with Crippen molar-refractivity contribution in [3.05, 3.63) is 59.5 Å². The van der Waals surface area contributed by atoms with E-state index in [9.17, 15) is 4.79 Å². The van der Waals surface area contributed by atoms with Gasteiger partial charge in [0.15, 0.2) is 0 Å². The second-order valence-corrected chi connectivity index (χ2v) is 5.67. The Morgan fingerprint density at radius 1 is 1.36 bits per heavy atom. The predicted octanol–water partition coefficient (Wildman–Crippen LogP) is 3.01. The molecule has 0 bridgehead atoms. The fraction of sp³-hybridized carbons (Fsp3) is 0.158. The van der Waals surface area contributed by atoms with E-state index >= 15 is 0 Å². The first-order valence-corrected chi connectivity index (χ1v) is 7.83. The van der Waals surface area contributed by atoms with E-state index in [1.54, 1.807) is 18.5 Å². The monoisotopic (exact) mass is 331 g/mol. The van der Waals surface area contributed by atoms with Crippen LogP contribution in [-0.4, -0.2) is 21.7 Å². The third-order valence-electron chi connectivity index (χ3n) is 3.95. The summed E-state index contributed by atoms with van der Waals surface area (Å²) in [6.07, 6.45) is 3.17. The zero-order valence-corrected chi connectivity index (χ0v) is 14.0. The summed E-state index contributed by atoms with van der Waals surface area (Å²) in [5, 5.41) is 13.5. The average molecular weight is 331 g/mol. The Balaban J connectivity index is 1.92. The standard InChI is InChI=1S/C19H17N5O/c1-13-10-16(12-22-23-19(25)7-8-20)14(2)24(13)17-5-6-18-15(11-17)4-3-9-21-18/h3-6,9-12H,7H2,1-2H3,(H,23,25)/b22-12-. The van der Waals surface area contributed by atoms with Gasteiger partial charge in [0.2, 0.25) is 0 Å². The van der Waals surface area contributed by atoms with E-state index in [1.807, 2.05) is 44.2 Å². The van der Waals surface area contributed by atoms with Crippen molar-refractivity contribution < 1.29 is 4.79 Å². The summed E-state index contributed by atoms with van der Waals surface area (Å²) in [6.45, 7) is 4.02. The van der Waals surface area contributed by atoms with E-state index in [2.05, 4.69) is 26.1 Å². The molecule has 1 N–H and O–H groups in total. The number of rotatable bonds is 4. The fourth-order valence-corrected chi connectivity index (χ4v) is 2.80. The topological polar surface area (TPSA) is 83.1 Å². The zero-order valence-electron chi connectivity index (χ0n) is 14.0. The number of aromatic nitrogens is 2. The molecule has 0 fully saturated rings. The molecule has 0 aliphatic carbocycles. The first kappa shape index (κ1) is 16.4. The maximum atomic E-state index is 11.3. The van der Waals surface area contributed by atoms with Crippen molar-refractivity contribution in [1.82, 2.24) is 15.0 Å². The number of carbonyl (C=O) groups excluding carboxylic acids is 1. The zero-order chi connectivity index (χ0) is 17.8. The summed E-state index contributed by atoms with van der Waals surface area (Å²) >= 11 is 0. The first-order chi connectivity index (χ1) is 12.1. The number of nitrogens with one attached hydrogen (secondary N) is 1. The van der Waals surface area contributed by atoms with E-state index < -0.39 is 5.91 Å². The summed E-state index contributed by atoms with van der Waals surface area (Å²) in [4.78, 5) is 15.6. The van der Waals surface area contributed by atoms with E-state index in [4.69, 9.17) is 5.26 Å². The number of carbonyl (C=O) groups is 1. The minimum atomic E-state index is -0.422. The molecule has 25 heavy (non-hydrogen) atoms. The van der Waals surface area contributed by atoms with Gasteiger partial charge >= 0.3 is 0 Å². The van der Waals surface area contributed by atoms with Crippen LogP contribution < -0.4 is 5.43 Å². The van der Waals surface area contributed by atoms with Gasteiger partial charge in [-0.3, -0.25) is 9.78 Å². The lowest BCUT2D eigenvalue weighted by atomic mass is 10.2. The molecule has 124 valence electrons. The molecule has 2 heterocycles. The van der Waals surface area contributed by atoms with Crippen LogP contribution in [0.5, 0.6) is 0 Å².